The van der Waals surface area contributed by atoms with Crippen molar-refractivity contribution in [3.05, 3.63) is 71.7 Å². The lowest BCUT2D eigenvalue weighted by atomic mass is 10.1. The minimum Gasteiger partial charge on any atom is -0.457 e. The molecular formula is C28H28FN3O8S2. The molecule has 3 heterocycles. The normalized spacial score (nSPS) is 17.5. The van der Waals surface area contributed by atoms with Gasteiger partial charge in [0.25, 0.3) is 5.91 Å². The molecule has 0 radical (unpaired) electrons. The minimum absolute atomic E-state index is 0.123. The highest BCUT2D eigenvalue weighted by atomic mass is 32.2. The SMILES string of the molecule is CNC(=O)c1c(-c2ccc(Oc3ccc(F)cc3)cc2)oc2cc3c(nc12)[C@H](C)O[C@H](CS(C)(=O)=O)CN3S(C)(=O)=O. The highest BCUT2D eigenvalue weighted by Crippen LogP contribution is 2.40. The van der Waals surface area contributed by atoms with Crippen LogP contribution in [0.2, 0.25) is 0 Å². The topological polar surface area (TPSA) is 145 Å². The molecule has 0 saturated carbocycles. The quantitative estimate of drug-likeness (QED) is 0.325. The number of amides is 1. The number of hydrogen-bond acceptors (Lipinski definition) is 9. The predicted molar refractivity (Wildman–Crippen MR) is 154 cm³/mol. The van der Waals surface area contributed by atoms with Crippen molar-refractivity contribution in [1.29, 1.82) is 0 Å². The fourth-order valence-corrected chi connectivity index (χ4v) is 6.60. The number of pyridine rings is 1. The maximum absolute atomic E-state index is 13.2. The zero-order chi connectivity index (χ0) is 30.4. The Kier molecular flexibility index (Phi) is 7.72. The van der Waals surface area contributed by atoms with Gasteiger partial charge in [-0.2, -0.15) is 0 Å². The fourth-order valence-electron chi connectivity index (χ4n) is 4.80. The van der Waals surface area contributed by atoms with Crippen LogP contribution in [-0.4, -0.2) is 65.7 Å². The number of rotatable bonds is 7. The van der Waals surface area contributed by atoms with Gasteiger partial charge in [-0.05, 0) is 55.5 Å². The molecule has 1 aliphatic heterocycles. The van der Waals surface area contributed by atoms with Crippen LogP contribution in [0.1, 0.15) is 29.1 Å². The van der Waals surface area contributed by atoms with Crippen molar-refractivity contribution in [2.75, 3.05) is 36.2 Å². The first kappa shape index (κ1) is 29.5. The number of halogens is 1. The van der Waals surface area contributed by atoms with E-state index in [1.165, 1.54) is 37.4 Å². The second-order valence-electron chi connectivity index (χ2n) is 9.99. The van der Waals surface area contributed by atoms with Crippen molar-refractivity contribution >= 4 is 42.6 Å². The number of sulfone groups is 1. The smallest absolute Gasteiger partial charge is 0.257 e. The summed E-state index contributed by atoms with van der Waals surface area (Å²) in [7, 11) is -5.92. The molecule has 1 aliphatic rings. The van der Waals surface area contributed by atoms with Gasteiger partial charge in [-0.1, -0.05) is 0 Å². The first-order valence-electron chi connectivity index (χ1n) is 12.8. The standard InChI is InChI=1S/C28H28FN3O8S2/c1-16-25-22(32(42(4,36)37)14-21(38-16)15-41(3,34)35)13-23-26(31-25)24(28(33)30-2)27(40-23)17-5-9-19(10-6-17)39-20-11-7-18(29)8-12-20/h5-13,16,21H,14-15H2,1-4H3,(H,30,33)/t16-,21-/m0/s1. The number of nitrogens with one attached hydrogen (secondary N) is 1. The van der Waals surface area contributed by atoms with E-state index in [1.807, 2.05) is 0 Å². The van der Waals surface area contributed by atoms with E-state index < -0.39 is 38.0 Å². The third-order valence-electron chi connectivity index (χ3n) is 6.60. The molecule has 222 valence electrons. The number of furan rings is 1. The molecule has 0 bridgehead atoms. The summed E-state index contributed by atoms with van der Waals surface area (Å²) >= 11 is 0. The van der Waals surface area contributed by atoms with Gasteiger partial charge >= 0.3 is 0 Å². The molecule has 14 heteroatoms. The van der Waals surface area contributed by atoms with Crippen molar-refractivity contribution in [3.63, 3.8) is 0 Å². The molecule has 5 rings (SSSR count). The second-order valence-corrected chi connectivity index (χ2v) is 14.1. The van der Waals surface area contributed by atoms with Crippen LogP contribution in [-0.2, 0) is 24.6 Å². The van der Waals surface area contributed by atoms with Gasteiger partial charge < -0.3 is 19.2 Å². The predicted octanol–water partition coefficient (Wildman–Crippen LogP) is 4.06. The summed E-state index contributed by atoms with van der Waals surface area (Å²) in [6, 6.07) is 13.7. The van der Waals surface area contributed by atoms with Crippen LogP contribution in [0.5, 0.6) is 11.5 Å². The van der Waals surface area contributed by atoms with Gasteiger partial charge in [0, 0.05) is 24.9 Å². The highest BCUT2D eigenvalue weighted by Gasteiger charge is 2.36. The van der Waals surface area contributed by atoms with E-state index in [9.17, 15) is 26.0 Å². The molecule has 1 N–H and O–H groups in total. The maximum Gasteiger partial charge on any atom is 0.257 e. The number of fused-ring (bicyclic) bond motifs is 2. The number of nitrogens with zero attached hydrogens (tertiary/aromatic N) is 2. The van der Waals surface area contributed by atoms with Crippen LogP contribution in [0.15, 0.2) is 59.0 Å². The van der Waals surface area contributed by atoms with E-state index in [0.717, 1.165) is 16.8 Å². The summed E-state index contributed by atoms with van der Waals surface area (Å²) in [5, 5.41) is 2.59. The van der Waals surface area contributed by atoms with Gasteiger partial charge in [0.05, 0.1) is 42.1 Å². The van der Waals surface area contributed by atoms with Crippen molar-refractivity contribution in [3.8, 4) is 22.8 Å². The third-order valence-corrected chi connectivity index (χ3v) is 8.72. The summed E-state index contributed by atoms with van der Waals surface area (Å²) in [5.41, 5.74) is 1.35. The summed E-state index contributed by atoms with van der Waals surface area (Å²) in [6.45, 7) is 1.39. The number of benzene rings is 2. The average Bonchev–Trinajstić information content (AvgIpc) is 3.22. The van der Waals surface area contributed by atoms with E-state index >= 15 is 0 Å². The average molecular weight is 618 g/mol. The number of carbonyl (C=O) groups excluding carboxylic acids is 1. The van der Waals surface area contributed by atoms with E-state index in [4.69, 9.17) is 13.9 Å². The first-order valence-corrected chi connectivity index (χ1v) is 16.7. The maximum atomic E-state index is 13.2. The Morgan fingerprint density at radius 2 is 1.69 bits per heavy atom. The molecule has 2 aromatic carbocycles. The van der Waals surface area contributed by atoms with Gasteiger partial charge in [0.15, 0.2) is 5.58 Å². The van der Waals surface area contributed by atoms with Crippen LogP contribution < -0.4 is 14.4 Å². The number of ether oxygens (including phenoxy) is 2. The van der Waals surface area contributed by atoms with Crippen molar-refractivity contribution in [2.45, 2.75) is 19.1 Å². The molecule has 11 nitrogen and oxygen atoms in total. The molecule has 0 fully saturated rings. The van der Waals surface area contributed by atoms with E-state index in [0.29, 0.717) is 17.1 Å². The summed E-state index contributed by atoms with van der Waals surface area (Å²) in [6.07, 6.45) is 0.304. The van der Waals surface area contributed by atoms with Crippen LogP contribution in [0.3, 0.4) is 0 Å². The Morgan fingerprint density at radius 1 is 1.07 bits per heavy atom. The Labute approximate surface area is 242 Å². The summed E-state index contributed by atoms with van der Waals surface area (Å²) < 4.78 is 81.8. The Morgan fingerprint density at radius 3 is 2.26 bits per heavy atom. The monoisotopic (exact) mass is 617 g/mol. The molecule has 0 saturated heterocycles. The first-order chi connectivity index (χ1) is 19.7. The minimum atomic E-state index is -3.89. The zero-order valence-corrected chi connectivity index (χ0v) is 24.8. The molecule has 42 heavy (non-hydrogen) atoms. The second kappa shape index (κ2) is 11.0. The lowest BCUT2D eigenvalue weighted by Crippen LogP contribution is -2.39. The van der Waals surface area contributed by atoms with Gasteiger partial charge in [-0.25, -0.2) is 26.2 Å². The molecule has 1 amide bonds. The van der Waals surface area contributed by atoms with Gasteiger partial charge in [0.2, 0.25) is 10.0 Å². The van der Waals surface area contributed by atoms with Crippen LogP contribution in [0.4, 0.5) is 10.1 Å². The highest BCUT2D eigenvalue weighted by molar-refractivity contribution is 7.92. The van der Waals surface area contributed by atoms with E-state index in [2.05, 4.69) is 10.3 Å². The number of anilines is 1. The van der Waals surface area contributed by atoms with Crippen LogP contribution >= 0.6 is 0 Å². The lowest BCUT2D eigenvalue weighted by Gasteiger charge is -2.24. The van der Waals surface area contributed by atoms with Crippen LogP contribution in [0.25, 0.3) is 22.4 Å². The van der Waals surface area contributed by atoms with Crippen molar-refractivity contribution in [2.24, 2.45) is 0 Å². The molecule has 0 unspecified atom stereocenters. The van der Waals surface area contributed by atoms with Gasteiger partial charge in [-0.3, -0.25) is 9.10 Å². The van der Waals surface area contributed by atoms with Gasteiger partial charge in [0.1, 0.15) is 44.0 Å². The zero-order valence-electron chi connectivity index (χ0n) is 23.1. The molecule has 0 spiro atoms. The number of sulfonamides is 1. The Bertz CT molecular complexity index is 1870. The summed E-state index contributed by atoms with van der Waals surface area (Å²) in [4.78, 5) is 17.8. The third kappa shape index (κ3) is 6.10. The van der Waals surface area contributed by atoms with Gasteiger partial charge in [-0.15, -0.1) is 0 Å². The lowest BCUT2D eigenvalue weighted by molar-refractivity contribution is 0.0173. The largest absolute Gasteiger partial charge is 0.457 e. The molecule has 2 aromatic heterocycles. The number of carbonyl (C=O) groups is 1. The Balaban J connectivity index is 1.60. The fraction of sp³-hybridized carbons (Fsp3) is 0.286. The van der Waals surface area contributed by atoms with E-state index in [-0.39, 0.29) is 51.9 Å². The number of hydrogen-bond donors (Lipinski definition) is 1. The van der Waals surface area contributed by atoms with Crippen LogP contribution in [0, 0.1) is 5.82 Å². The molecule has 0 aliphatic carbocycles. The van der Waals surface area contributed by atoms with E-state index in [1.54, 1.807) is 31.2 Å². The van der Waals surface area contributed by atoms with Crippen molar-refractivity contribution < 1.29 is 39.9 Å². The molecule has 2 atom stereocenters. The summed E-state index contributed by atoms with van der Waals surface area (Å²) in [5.74, 6) is -0.159. The molecule has 4 aromatic rings. The number of aromatic nitrogens is 1. The van der Waals surface area contributed by atoms with Crippen molar-refractivity contribution in [1.82, 2.24) is 10.3 Å². The Hall–Kier alpha value is -4.01. The molecular weight excluding hydrogens is 589 g/mol.